The number of ether oxygens (including phenoxy) is 1. The summed E-state index contributed by atoms with van der Waals surface area (Å²) in [5.41, 5.74) is 1.40. The Hall–Kier alpha value is -0.760. The minimum Gasteiger partial charge on any atom is -0.492 e. The molecule has 0 amide bonds. The lowest BCUT2D eigenvalue weighted by Gasteiger charge is -2.17. The van der Waals surface area contributed by atoms with Crippen molar-refractivity contribution in [1.29, 1.82) is 0 Å². The van der Waals surface area contributed by atoms with E-state index < -0.39 is 0 Å². The molecule has 0 radical (unpaired) electrons. The summed E-state index contributed by atoms with van der Waals surface area (Å²) in [7, 11) is 0. The first-order chi connectivity index (χ1) is 8.36. The van der Waals surface area contributed by atoms with Crippen LogP contribution in [0.2, 0.25) is 0 Å². The molecule has 1 fully saturated rings. The van der Waals surface area contributed by atoms with E-state index in [0.29, 0.717) is 0 Å². The van der Waals surface area contributed by atoms with Crippen LogP contribution >= 0.6 is 0 Å². The van der Waals surface area contributed by atoms with Crippen LogP contribution in [-0.2, 0) is 4.74 Å². The van der Waals surface area contributed by atoms with Crippen LogP contribution in [-0.4, -0.2) is 31.1 Å². The molecule has 0 aromatic rings. The summed E-state index contributed by atoms with van der Waals surface area (Å²) in [5.74, 6) is 1.11. The molecule has 98 valence electrons. The zero-order valence-electron chi connectivity index (χ0n) is 11.7. The summed E-state index contributed by atoms with van der Waals surface area (Å²) in [6, 6.07) is 0. The van der Waals surface area contributed by atoms with Crippen molar-refractivity contribution in [3.63, 3.8) is 0 Å². The SMILES string of the molecule is CC.CC1=C(OCCN2CCCC2)C=CCC1. The van der Waals surface area contributed by atoms with Crippen LogP contribution in [0.5, 0.6) is 0 Å². The maximum Gasteiger partial charge on any atom is 0.117 e. The third-order valence-electron chi connectivity index (χ3n) is 3.24. The molecule has 2 nitrogen and oxygen atoms in total. The monoisotopic (exact) mass is 237 g/mol. The highest BCUT2D eigenvalue weighted by Gasteiger charge is 2.11. The fourth-order valence-electron chi connectivity index (χ4n) is 2.22. The number of rotatable bonds is 4. The average Bonchev–Trinajstić information content (AvgIpc) is 2.87. The fourth-order valence-corrected chi connectivity index (χ4v) is 2.22. The quantitative estimate of drug-likeness (QED) is 0.738. The Balaban J connectivity index is 0.000000686. The van der Waals surface area contributed by atoms with Gasteiger partial charge in [0.25, 0.3) is 0 Å². The standard InChI is InChI=1S/C13H21NO.C2H6/c1-12-6-2-3-7-13(12)15-11-10-14-8-4-5-9-14;1-2/h3,7H,2,4-6,8-11H2,1H3;1-2H3. The van der Waals surface area contributed by atoms with E-state index in [-0.39, 0.29) is 0 Å². The first kappa shape index (κ1) is 14.3. The van der Waals surface area contributed by atoms with Gasteiger partial charge in [-0.25, -0.2) is 0 Å². The molecule has 0 aromatic carbocycles. The molecule has 0 saturated carbocycles. The van der Waals surface area contributed by atoms with Gasteiger partial charge in [0.05, 0.1) is 0 Å². The van der Waals surface area contributed by atoms with Crippen molar-refractivity contribution in [3.8, 4) is 0 Å². The molecule has 1 aliphatic carbocycles. The van der Waals surface area contributed by atoms with E-state index in [9.17, 15) is 0 Å². The molecule has 1 aliphatic heterocycles. The summed E-state index contributed by atoms with van der Waals surface area (Å²) < 4.78 is 5.81. The number of allylic oxidation sites excluding steroid dienone is 3. The van der Waals surface area contributed by atoms with E-state index in [4.69, 9.17) is 4.74 Å². The van der Waals surface area contributed by atoms with Crippen molar-refractivity contribution >= 4 is 0 Å². The molecule has 2 heteroatoms. The lowest BCUT2D eigenvalue weighted by atomic mass is 10.1. The van der Waals surface area contributed by atoms with Crippen LogP contribution in [0.1, 0.15) is 46.5 Å². The maximum absolute atomic E-state index is 5.81. The Morgan fingerprint density at radius 1 is 1.24 bits per heavy atom. The van der Waals surface area contributed by atoms with Gasteiger partial charge < -0.3 is 4.74 Å². The van der Waals surface area contributed by atoms with E-state index in [1.165, 1.54) is 37.9 Å². The van der Waals surface area contributed by atoms with Crippen LogP contribution < -0.4 is 0 Å². The van der Waals surface area contributed by atoms with Crippen LogP contribution in [0.3, 0.4) is 0 Å². The highest BCUT2D eigenvalue weighted by molar-refractivity contribution is 5.22. The Labute approximate surface area is 106 Å². The van der Waals surface area contributed by atoms with E-state index in [2.05, 4.69) is 24.0 Å². The Bertz CT molecular complexity index is 262. The van der Waals surface area contributed by atoms with Gasteiger partial charge in [0.1, 0.15) is 12.4 Å². The van der Waals surface area contributed by atoms with Crippen molar-refractivity contribution in [2.24, 2.45) is 0 Å². The van der Waals surface area contributed by atoms with Gasteiger partial charge >= 0.3 is 0 Å². The molecule has 0 atom stereocenters. The molecule has 0 aromatic heterocycles. The van der Waals surface area contributed by atoms with Gasteiger partial charge in [-0.1, -0.05) is 19.9 Å². The van der Waals surface area contributed by atoms with E-state index >= 15 is 0 Å². The maximum atomic E-state index is 5.81. The van der Waals surface area contributed by atoms with Gasteiger partial charge in [0, 0.05) is 6.54 Å². The van der Waals surface area contributed by atoms with Crippen molar-refractivity contribution in [2.75, 3.05) is 26.2 Å². The van der Waals surface area contributed by atoms with Crippen LogP contribution in [0, 0.1) is 0 Å². The van der Waals surface area contributed by atoms with E-state index in [1.54, 1.807) is 0 Å². The van der Waals surface area contributed by atoms with Crippen molar-refractivity contribution < 1.29 is 4.74 Å². The van der Waals surface area contributed by atoms with Gasteiger partial charge in [-0.05, 0) is 57.3 Å². The topological polar surface area (TPSA) is 12.5 Å². The van der Waals surface area contributed by atoms with Crippen molar-refractivity contribution in [2.45, 2.75) is 46.5 Å². The second-order valence-corrected chi connectivity index (χ2v) is 4.48. The Kier molecular flexibility index (Phi) is 7.02. The first-order valence-electron chi connectivity index (χ1n) is 7.08. The summed E-state index contributed by atoms with van der Waals surface area (Å²) in [4.78, 5) is 2.49. The Morgan fingerprint density at radius 2 is 1.94 bits per heavy atom. The lowest BCUT2D eigenvalue weighted by Crippen LogP contribution is -2.24. The molecule has 2 aliphatic rings. The summed E-state index contributed by atoms with van der Waals surface area (Å²) in [6.45, 7) is 10.6. The minimum atomic E-state index is 0.844. The molecular weight excluding hydrogens is 210 g/mol. The molecule has 0 spiro atoms. The summed E-state index contributed by atoms with van der Waals surface area (Å²) >= 11 is 0. The second-order valence-electron chi connectivity index (χ2n) is 4.48. The average molecular weight is 237 g/mol. The summed E-state index contributed by atoms with van der Waals surface area (Å²) in [5, 5.41) is 0. The Morgan fingerprint density at radius 3 is 2.59 bits per heavy atom. The number of hydrogen-bond donors (Lipinski definition) is 0. The highest BCUT2D eigenvalue weighted by Crippen LogP contribution is 2.19. The molecule has 1 heterocycles. The third-order valence-corrected chi connectivity index (χ3v) is 3.24. The molecule has 2 rings (SSSR count). The number of likely N-dealkylation sites (tertiary alicyclic amines) is 1. The van der Waals surface area contributed by atoms with Crippen LogP contribution in [0.25, 0.3) is 0 Å². The molecule has 1 saturated heterocycles. The van der Waals surface area contributed by atoms with Gasteiger partial charge in [-0.3, -0.25) is 4.90 Å². The van der Waals surface area contributed by atoms with Gasteiger partial charge in [-0.15, -0.1) is 0 Å². The highest BCUT2D eigenvalue weighted by atomic mass is 16.5. The van der Waals surface area contributed by atoms with Crippen molar-refractivity contribution in [1.82, 2.24) is 4.90 Å². The van der Waals surface area contributed by atoms with Crippen molar-refractivity contribution in [3.05, 3.63) is 23.5 Å². The van der Waals surface area contributed by atoms with Gasteiger partial charge in [0.2, 0.25) is 0 Å². The molecule has 0 unspecified atom stereocenters. The van der Waals surface area contributed by atoms with Gasteiger partial charge in [0.15, 0.2) is 0 Å². The normalized spacial score (nSPS) is 20.2. The lowest BCUT2D eigenvalue weighted by molar-refractivity contribution is 0.176. The predicted molar refractivity (Wildman–Crippen MR) is 74.0 cm³/mol. The minimum absolute atomic E-state index is 0.844. The molecule has 0 N–H and O–H groups in total. The first-order valence-corrected chi connectivity index (χ1v) is 7.08. The largest absolute Gasteiger partial charge is 0.492 e. The molecule has 0 bridgehead atoms. The fraction of sp³-hybridized carbons (Fsp3) is 0.733. The smallest absolute Gasteiger partial charge is 0.117 e. The number of hydrogen-bond acceptors (Lipinski definition) is 2. The number of nitrogens with zero attached hydrogens (tertiary/aromatic N) is 1. The third kappa shape index (κ3) is 4.95. The van der Waals surface area contributed by atoms with Crippen LogP contribution in [0.4, 0.5) is 0 Å². The summed E-state index contributed by atoms with van der Waals surface area (Å²) in [6.07, 6.45) is 9.39. The predicted octanol–water partition coefficient (Wildman–Crippen LogP) is 3.75. The second kappa shape index (κ2) is 8.35. The van der Waals surface area contributed by atoms with Gasteiger partial charge in [-0.2, -0.15) is 0 Å². The zero-order chi connectivity index (χ0) is 12.5. The van der Waals surface area contributed by atoms with E-state index in [0.717, 1.165) is 25.3 Å². The molecular formula is C15H27NO. The molecule has 17 heavy (non-hydrogen) atoms. The van der Waals surface area contributed by atoms with E-state index in [1.807, 2.05) is 13.8 Å². The zero-order valence-corrected chi connectivity index (χ0v) is 11.7. The van der Waals surface area contributed by atoms with Crippen LogP contribution in [0.15, 0.2) is 23.5 Å².